The molecule has 0 radical (unpaired) electrons. The van der Waals surface area contributed by atoms with Crippen LogP contribution >= 0.6 is 11.3 Å². The topological polar surface area (TPSA) is 98.7 Å². The standard InChI is InChI=1S/C19H22N6O3S/c1-19(12-4-5-12)16(27)25(17(28)22-19)11-14(26)23-7-9-24(10-8-23)18-21-13-3-2-6-20-15(13)29-18/h2-3,6,12H,4-5,7-11H2,1H3,(H,22,28). The second-order valence-electron chi connectivity index (χ2n) is 7.99. The number of nitrogens with one attached hydrogen (secondary N) is 1. The summed E-state index contributed by atoms with van der Waals surface area (Å²) < 4.78 is 0. The van der Waals surface area contributed by atoms with Crippen LogP contribution < -0.4 is 10.2 Å². The second kappa shape index (κ2) is 6.65. The highest BCUT2D eigenvalue weighted by molar-refractivity contribution is 7.21. The van der Waals surface area contributed by atoms with E-state index in [0.717, 1.165) is 33.2 Å². The number of carbonyl (C=O) groups is 3. The zero-order valence-corrected chi connectivity index (χ0v) is 16.9. The van der Waals surface area contributed by atoms with E-state index in [0.29, 0.717) is 26.2 Å². The van der Waals surface area contributed by atoms with Crippen molar-refractivity contribution < 1.29 is 14.4 Å². The summed E-state index contributed by atoms with van der Waals surface area (Å²) >= 11 is 1.54. The molecule has 29 heavy (non-hydrogen) atoms. The SMILES string of the molecule is CC1(C2CC2)NC(=O)N(CC(=O)N2CCN(c3nc4cccnc4s3)CC2)C1=O. The lowest BCUT2D eigenvalue weighted by Crippen LogP contribution is -2.52. The Morgan fingerprint density at radius 1 is 1.28 bits per heavy atom. The molecule has 0 aromatic carbocycles. The molecular weight excluding hydrogens is 392 g/mol. The van der Waals surface area contributed by atoms with E-state index in [1.807, 2.05) is 12.1 Å². The van der Waals surface area contributed by atoms with Crippen molar-refractivity contribution in [2.75, 3.05) is 37.6 Å². The van der Waals surface area contributed by atoms with E-state index in [1.165, 1.54) is 0 Å². The third-order valence-electron chi connectivity index (χ3n) is 6.05. The van der Waals surface area contributed by atoms with Crippen molar-refractivity contribution in [1.82, 2.24) is 25.1 Å². The minimum absolute atomic E-state index is 0.186. The first kappa shape index (κ1) is 18.3. The molecule has 152 valence electrons. The van der Waals surface area contributed by atoms with Crippen molar-refractivity contribution in [1.29, 1.82) is 0 Å². The molecule has 1 atom stereocenters. The average Bonchev–Trinajstić information content (AvgIpc) is 3.46. The molecule has 9 nitrogen and oxygen atoms in total. The Balaban J connectivity index is 1.20. The monoisotopic (exact) mass is 414 g/mol. The minimum Gasteiger partial charge on any atom is -0.344 e. The highest BCUT2D eigenvalue weighted by Crippen LogP contribution is 2.42. The van der Waals surface area contributed by atoms with Crippen LogP contribution in [-0.2, 0) is 9.59 Å². The van der Waals surface area contributed by atoms with Crippen LogP contribution in [-0.4, -0.2) is 75.9 Å². The first-order chi connectivity index (χ1) is 14.0. The Morgan fingerprint density at radius 2 is 2.03 bits per heavy atom. The number of rotatable bonds is 4. The van der Waals surface area contributed by atoms with Crippen LogP contribution in [0.4, 0.5) is 9.93 Å². The van der Waals surface area contributed by atoms with Crippen molar-refractivity contribution in [2.24, 2.45) is 5.92 Å². The Kier molecular flexibility index (Phi) is 4.19. The maximum atomic E-state index is 12.7. The van der Waals surface area contributed by atoms with Gasteiger partial charge in [-0.1, -0.05) is 11.3 Å². The number of thiazole rings is 1. The van der Waals surface area contributed by atoms with Crippen LogP contribution in [0.15, 0.2) is 18.3 Å². The first-order valence-corrected chi connectivity index (χ1v) is 10.7. The molecule has 0 spiro atoms. The summed E-state index contributed by atoms with van der Waals surface area (Å²) in [4.78, 5) is 52.5. The zero-order chi connectivity index (χ0) is 20.2. The smallest absolute Gasteiger partial charge is 0.325 e. The van der Waals surface area contributed by atoms with Crippen LogP contribution in [0, 0.1) is 5.92 Å². The fourth-order valence-corrected chi connectivity index (χ4v) is 5.03. The van der Waals surface area contributed by atoms with Crippen LogP contribution in [0.3, 0.4) is 0 Å². The van der Waals surface area contributed by atoms with E-state index in [9.17, 15) is 14.4 Å². The number of hydrogen-bond acceptors (Lipinski definition) is 7. The van der Waals surface area contributed by atoms with Crippen molar-refractivity contribution in [3.8, 4) is 0 Å². The number of pyridine rings is 1. The lowest BCUT2D eigenvalue weighted by Gasteiger charge is -2.35. The summed E-state index contributed by atoms with van der Waals surface area (Å²) in [5.74, 6) is -0.288. The number of hydrogen-bond donors (Lipinski definition) is 1. The number of amides is 4. The Bertz CT molecular complexity index is 964. The van der Waals surface area contributed by atoms with E-state index in [1.54, 1.807) is 29.4 Å². The lowest BCUT2D eigenvalue weighted by molar-refractivity contribution is -0.139. The van der Waals surface area contributed by atoms with Gasteiger partial charge in [0.1, 0.15) is 22.4 Å². The van der Waals surface area contributed by atoms with Gasteiger partial charge in [-0.15, -0.1) is 0 Å². The lowest BCUT2D eigenvalue weighted by atomic mass is 9.96. The largest absolute Gasteiger partial charge is 0.344 e. The molecule has 1 unspecified atom stereocenters. The van der Waals surface area contributed by atoms with E-state index in [-0.39, 0.29) is 24.3 Å². The quantitative estimate of drug-likeness (QED) is 0.752. The number of piperazine rings is 1. The van der Waals surface area contributed by atoms with Gasteiger partial charge in [-0.05, 0) is 37.8 Å². The van der Waals surface area contributed by atoms with E-state index < -0.39 is 11.6 Å². The molecule has 5 rings (SSSR count). The van der Waals surface area contributed by atoms with Gasteiger partial charge in [0, 0.05) is 32.4 Å². The molecule has 1 N–H and O–H groups in total. The molecule has 2 aromatic heterocycles. The normalized spacial score (nSPS) is 25.1. The first-order valence-electron chi connectivity index (χ1n) is 9.84. The molecule has 2 aromatic rings. The van der Waals surface area contributed by atoms with Gasteiger partial charge in [-0.2, -0.15) is 0 Å². The minimum atomic E-state index is -0.850. The highest BCUT2D eigenvalue weighted by atomic mass is 32.1. The van der Waals surface area contributed by atoms with Crippen LogP contribution in [0.1, 0.15) is 19.8 Å². The third-order valence-corrected chi connectivity index (χ3v) is 7.09. The predicted molar refractivity (Wildman–Crippen MR) is 108 cm³/mol. The van der Waals surface area contributed by atoms with Crippen LogP contribution in [0.2, 0.25) is 0 Å². The van der Waals surface area contributed by atoms with Crippen LogP contribution in [0.5, 0.6) is 0 Å². The predicted octanol–water partition coefficient (Wildman–Crippen LogP) is 1.06. The van der Waals surface area contributed by atoms with E-state index in [2.05, 4.69) is 20.2 Å². The summed E-state index contributed by atoms with van der Waals surface area (Å²) in [6.45, 7) is 3.95. The number of anilines is 1. The summed E-state index contributed by atoms with van der Waals surface area (Å²) in [5.41, 5.74) is 0.0278. The van der Waals surface area contributed by atoms with Gasteiger partial charge in [0.25, 0.3) is 5.91 Å². The van der Waals surface area contributed by atoms with Gasteiger partial charge in [-0.25, -0.2) is 14.8 Å². The summed E-state index contributed by atoms with van der Waals surface area (Å²) in [7, 11) is 0. The number of imide groups is 1. The molecule has 10 heteroatoms. The van der Waals surface area contributed by atoms with Gasteiger partial charge in [-0.3, -0.25) is 14.5 Å². The molecule has 3 aliphatic rings. The number of urea groups is 1. The van der Waals surface area contributed by atoms with Gasteiger partial charge in [0.15, 0.2) is 5.13 Å². The summed E-state index contributed by atoms with van der Waals surface area (Å²) in [6, 6.07) is 3.35. The number of nitrogens with zero attached hydrogens (tertiary/aromatic N) is 5. The van der Waals surface area contributed by atoms with E-state index in [4.69, 9.17) is 0 Å². The molecule has 1 saturated carbocycles. The molecule has 4 heterocycles. The van der Waals surface area contributed by atoms with Gasteiger partial charge >= 0.3 is 6.03 Å². The van der Waals surface area contributed by atoms with Gasteiger partial charge in [0.05, 0.1) is 0 Å². The molecular formula is C19H22N6O3S. The highest BCUT2D eigenvalue weighted by Gasteiger charge is 2.56. The fourth-order valence-electron chi connectivity index (χ4n) is 4.07. The molecule has 4 amide bonds. The van der Waals surface area contributed by atoms with Crippen molar-refractivity contribution in [3.05, 3.63) is 18.3 Å². The summed E-state index contributed by atoms with van der Waals surface area (Å²) in [5, 5.41) is 3.69. The zero-order valence-electron chi connectivity index (χ0n) is 16.1. The molecule has 0 bridgehead atoms. The van der Waals surface area contributed by atoms with Gasteiger partial charge in [0.2, 0.25) is 5.91 Å². The fraction of sp³-hybridized carbons (Fsp3) is 0.526. The Labute approximate surface area is 171 Å². The molecule has 2 saturated heterocycles. The Morgan fingerprint density at radius 3 is 2.72 bits per heavy atom. The maximum absolute atomic E-state index is 12.7. The number of carbonyl (C=O) groups excluding carboxylic acids is 3. The molecule has 1 aliphatic carbocycles. The average molecular weight is 414 g/mol. The van der Waals surface area contributed by atoms with Crippen molar-refractivity contribution >= 4 is 44.7 Å². The van der Waals surface area contributed by atoms with E-state index >= 15 is 0 Å². The van der Waals surface area contributed by atoms with Crippen LogP contribution in [0.25, 0.3) is 10.3 Å². The molecule has 3 fully saturated rings. The summed E-state index contributed by atoms with van der Waals surface area (Å²) in [6.07, 6.45) is 3.63. The third kappa shape index (κ3) is 3.11. The van der Waals surface area contributed by atoms with Crippen molar-refractivity contribution in [2.45, 2.75) is 25.3 Å². The van der Waals surface area contributed by atoms with Gasteiger partial charge < -0.3 is 15.1 Å². The maximum Gasteiger partial charge on any atom is 0.325 e. The number of fused-ring (bicyclic) bond motifs is 1. The molecule has 2 aliphatic heterocycles. The van der Waals surface area contributed by atoms with Crippen molar-refractivity contribution in [3.63, 3.8) is 0 Å². The number of aromatic nitrogens is 2. The Hall–Kier alpha value is -2.75. The second-order valence-corrected chi connectivity index (χ2v) is 8.95.